The number of aliphatic hydroxyl groups is 1. The number of rotatable bonds is 9. The summed E-state index contributed by atoms with van der Waals surface area (Å²) in [6, 6.07) is 20.3. The van der Waals surface area contributed by atoms with Gasteiger partial charge >= 0.3 is 0 Å². The fourth-order valence-electron chi connectivity index (χ4n) is 5.42. The molecule has 5 rings (SSSR count). The summed E-state index contributed by atoms with van der Waals surface area (Å²) in [5.74, 6) is -0.627. The molecule has 0 bridgehead atoms. The second-order valence-corrected chi connectivity index (χ2v) is 10.7. The summed E-state index contributed by atoms with van der Waals surface area (Å²) >= 11 is 0. The minimum atomic E-state index is -1.45. The van der Waals surface area contributed by atoms with E-state index in [9.17, 15) is 9.50 Å². The normalized spacial score (nSPS) is 17.9. The third kappa shape index (κ3) is 7.07. The standard InChI is InChI=1S/C31H35F2N5O/c1-23-4-13-29(30(33)17-23)31(39,20-38-22-34-21-35-38)19-37-15-2-3-27(14-16-37)36-28-11-7-25(8-12-28)18-24-5-9-26(32)10-6-24/h4-13,17,21-22,27,36,39H,2-3,14-16,18-20H2,1H3. The fraction of sp³-hybridized carbons (Fsp3) is 0.355. The number of benzene rings is 3. The smallest absolute Gasteiger partial charge is 0.137 e. The molecule has 204 valence electrons. The number of aryl methyl sites for hydroxylation is 1. The molecule has 2 unspecified atom stereocenters. The summed E-state index contributed by atoms with van der Waals surface area (Å²) in [4.78, 5) is 6.21. The van der Waals surface area contributed by atoms with Crippen LogP contribution in [0.2, 0.25) is 0 Å². The minimum absolute atomic E-state index is 0.120. The summed E-state index contributed by atoms with van der Waals surface area (Å²) in [6.45, 7) is 3.87. The first kappa shape index (κ1) is 27.0. The van der Waals surface area contributed by atoms with Crippen molar-refractivity contribution in [2.45, 2.75) is 50.8 Å². The molecule has 0 saturated carbocycles. The van der Waals surface area contributed by atoms with Crippen LogP contribution in [0.25, 0.3) is 0 Å². The van der Waals surface area contributed by atoms with Crippen LogP contribution in [0.4, 0.5) is 14.5 Å². The molecule has 4 aromatic rings. The van der Waals surface area contributed by atoms with Crippen LogP contribution in [0.15, 0.2) is 79.4 Å². The summed E-state index contributed by atoms with van der Waals surface area (Å²) in [7, 11) is 0. The van der Waals surface area contributed by atoms with Gasteiger partial charge in [-0.2, -0.15) is 5.10 Å². The highest BCUT2D eigenvalue weighted by atomic mass is 19.1. The van der Waals surface area contributed by atoms with Gasteiger partial charge in [0.05, 0.1) is 6.54 Å². The van der Waals surface area contributed by atoms with Gasteiger partial charge in [0.15, 0.2) is 0 Å². The lowest BCUT2D eigenvalue weighted by Gasteiger charge is -2.34. The number of nitrogens with one attached hydrogen (secondary N) is 1. The molecule has 1 aliphatic heterocycles. The Bertz CT molecular complexity index is 1340. The second-order valence-electron chi connectivity index (χ2n) is 10.7. The van der Waals surface area contributed by atoms with Crippen molar-refractivity contribution in [1.82, 2.24) is 19.7 Å². The van der Waals surface area contributed by atoms with Gasteiger partial charge in [-0.1, -0.05) is 36.4 Å². The second kappa shape index (κ2) is 12.1. The summed E-state index contributed by atoms with van der Waals surface area (Å²) in [5, 5.41) is 19.6. The molecule has 1 aliphatic rings. The number of anilines is 1. The Kier molecular flexibility index (Phi) is 8.33. The van der Waals surface area contributed by atoms with Crippen LogP contribution in [0.3, 0.4) is 0 Å². The van der Waals surface area contributed by atoms with Gasteiger partial charge in [0.2, 0.25) is 0 Å². The van der Waals surface area contributed by atoms with Crippen LogP contribution < -0.4 is 5.32 Å². The number of hydrogen-bond acceptors (Lipinski definition) is 5. The number of aromatic nitrogens is 3. The maximum Gasteiger partial charge on any atom is 0.137 e. The first-order valence-electron chi connectivity index (χ1n) is 13.5. The predicted octanol–water partition coefficient (Wildman–Crippen LogP) is 5.31. The Labute approximate surface area is 228 Å². The SMILES string of the molecule is Cc1ccc(C(O)(CN2CCCC(Nc3ccc(Cc4ccc(F)cc4)cc3)CC2)Cn2cncn2)c(F)c1. The molecule has 0 amide bonds. The number of likely N-dealkylation sites (tertiary alicyclic amines) is 1. The van der Waals surface area contributed by atoms with Crippen LogP contribution in [0.1, 0.15) is 41.5 Å². The molecule has 1 saturated heterocycles. The number of β-amino-alcohol motifs (C(OH)–C–C–N with tert-alkyl or cyclic N) is 1. The average molecular weight is 532 g/mol. The minimum Gasteiger partial charge on any atom is -0.382 e. The van der Waals surface area contributed by atoms with E-state index >= 15 is 4.39 Å². The van der Waals surface area contributed by atoms with Gasteiger partial charge < -0.3 is 10.4 Å². The van der Waals surface area contributed by atoms with E-state index in [2.05, 4.69) is 44.6 Å². The first-order valence-corrected chi connectivity index (χ1v) is 13.5. The van der Waals surface area contributed by atoms with E-state index in [1.807, 2.05) is 25.1 Å². The van der Waals surface area contributed by atoms with Crippen molar-refractivity contribution >= 4 is 5.69 Å². The van der Waals surface area contributed by atoms with E-state index in [0.29, 0.717) is 12.6 Å². The number of hydrogen-bond donors (Lipinski definition) is 2. The van der Waals surface area contributed by atoms with E-state index in [1.54, 1.807) is 17.1 Å². The van der Waals surface area contributed by atoms with Crippen LogP contribution in [-0.2, 0) is 18.6 Å². The van der Waals surface area contributed by atoms with Gasteiger partial charge in [-0.15, -0.1) is 0 Å². The Hall–Kier alpha value is -3.62. The van der Waals surface area contributed by atoms with E-state index in [0.717, 1.165) is 55.6 Å². The zero-order valence-electron chi connectivity index (χ0n) is 22.2. The van der Waals surface area contributed by atoms with Gasteiger partial charge in [-0.05, 0) is 86.2 Å². The highest BCUT2D eigenvalue weighted by Gasteiger charge is 2.36. The van der Waals surface area contributed by atoms with Crippen LogP contribution in [-0.4, -0.2) is 50.4 Å². The quantitative estimate of drug-likeness (QED) is 0.307. The Morgan fingerprint density at radius 2 is 1.69 bits per heavy atom. The molecule has 2 heterocycles. The summed E-state index contributed by atoms with van der Waals surface area (Å²) in [5.41, 5.74) is 2.97. The maximum atomic E-state index is 15.0. The first-order chi connectivity index (χ1) is 18.9. The third-order valence-electron chi connectivity index (χ3n) is 7.47. The van der Waals surface area contributed by atoms with Crippen molar-refractivity contribution in [3.8, 4) is 0 Å². The molecule has 2 N–H and O–H groups in total. The zero-order chi connectivity index (χ0) is 27.2. The van der Waals surface area contributed by atoms with Crippen LogP contribution >= 0.6 is 0 Å². The summed E-state index contributed by atoms with van der Waals surface area (Å²) in [6.07, 6.45) is 6.61. The third-order valence-corrected chi connectivity index (χ3v) is 7.47. The van der Waals surface area contributed by atoms with Gasteiger partial charge in [-0.25, -0.2) is 18.4 Å². The van der Waals surface area contributed by atoms with Crippen molar-refractivity contribution < 1.29 is 13.9 Å². The maximum absolute atomic E-state index is 15.0. The molecular formula is C31H35F2N5O. The van der Waals surface area contributed by atoms with Crippen molar-refractivity contribution in [2.24, 2.45) is 0 Å². The monoisotopic (exact) mass is 531 g/mol. The van der Waals surface area contributed by atoms with Crippen molar-refractivity contribution in [3.63, 3.8) is 0 Å². The molecule has 8 heteroatoms. The molecule has 3 aromatic carbocycles. The Morgan fingerprint density at radius 1 is 0.949 bits per heavy atom. The van der Waals surface area contributed by atoms with Crippen molar-refractivity contribution in [2.75, 3.05) is 25.0 Å². The van der Waals surface area contributed by atoms with Gasteiger partial charge in [0.25, 0.3) is 0 Å². The number of nitrogens with zero attached hydrogens (tertiary/aromatic N) is 4. The average Bonchev–Trinajstić information content (AvgIpc) is 3.32. The Morgan fingerprint density at radius 3 is 2.38 bits per heavy atom. The van der Waals surface area contributed by atoms with Crippen LogP contribution in [0.5, 0.6) is 0 Å². The molecule has 0 radical (unpaired) electrons. The lowest BCUT2D eigenvalue weighted by atomic mass is 9.91. The van der Waals surface area contributed by atoms with Gasteiger partial charge in [0.1, 0.15) is 29.9 Å². The highest BCUT2D eigenvalue weighted by Crippen LogP contribution is 2.29. The van der Waals surface area contributed by atoms with E-state index in [-0.39, 0.29) is 17.9 Å². The van der Waals surface area contributed by atoms with E-state index in [1.165, 1.54) is 30.1 Å². The molecule has 1 aromatic heterocycles. The largest absolute Gasteiger partial charge is 0.382 e. The highest BCUT2D eigenvalue weighted by molar-refractivity contribution is 5.46. The number of halogens is 2. The fourth-order valence-corrected chi connectivity index (χ4v) is 5.42. The van der Waals surface area contributed by atoms with Gasteiger partial charge in [-0.3, -0.25) is 4.90 Å². The summed E-state index contributed by atoms with van der Waals surface area (Å²) < 4.78 is 29.8. The lowest BCUT2D eigenvalue weighted by molar-refractivity contribution is -0.0209. The molecule has 0 aliphatic carbocycles. The predicted molar refractivity (Wildman–Crippen MR) is 148 cm³/mol. The van der Waals surface area contributed by atoms with Crippen molar-refractivity contribution in [1.29, 1.82) is 0 Å². The van der Waals surface area contributed by atoms with E-state index < -0.39 is 11.4 Å². The molecule has 6 nitrogen and oxygen atoms in total. The van der Waals surface area contributed by atoms with E-state index in [4.69, 9.17) is 0 Å². The zero-order valence-corrected chi connectivity index (χ0v) is 22.2. The van der Waals surface area contributed by atoms with Crippen LogP contribution in [0, 0.1) is 18.6 Å². The van der Waals surface area contributed by atoms with Crippen molar-refractivity contribution in [3.05, 3.63) is 113 Å². The molecule has 0 spiro atoms. The van der Waals surface area contributed by atoms with Gasteiger partial charge in [0, 0.05) is 30.4 Å². The Balaban J connectivity index is 1.21. The molecular weight excluding hydrogens is 496 g/mol. The molecule has 1 fully saturated rings. The lowest BCUT2D eigenvalue weighted by Crippen LogP contribution is -2.45. The topological polar surface area (TPSA) is 66.2 Å². The molecule has 39 heavy (non-hydrogen) atoms. The molecule has 2 atom stereocenters.